The largest absolute Gasteiger partial charge is 0.496 e. The average Bonchev–Trinajstić information content (AvgIpc) is 3.28. The average molecular weight is 479 g/mol. The SMILES string of the molecule is CBc1ccc2c3ccc(Br)cc3c3[nH]c(-c4ccc(OC)c5ccccc45)nc3c2c1. The van der Waals surface area contributed by atoms with Crippen molar-refractivity contribution in [2.45, 2.75) is 6.82 Å². The first-order chi connectivity index (χ1) is 15.7. The van der Waals surface area contributed by atoms with E-state index in [1.165, 1.54) is 27.0 Å². The van der Waals surface area contributed by atoms with Gasteiger partial charge in [0.25, 0.3) is 0 Å². The van der Waals surface area contributed by atoms with Gasteiger partial charge in [0.2, 0.25) is 0 Å². The number of nitrogens with one attached hydrogen (secondary N) is 1. The van der Waals surface area contributed by atoms with Gasteiger partial charge in [0, 0.05) is 26.2 Å². The number of nitrogens with zero attached hydrogens (tertiary/aromatic N) is 1. The van der Waals surface area contributed by atoms with E-state index in [1.807, 2.05) is 12.1 Å². The van der Waals surface area contributed by atoms with Crippen LogP contribution in [0.1, 0.15) is 0 Å². The number of H-pyrrole nitrogens is 1. The number of methoxy groups -OCH3 is 1. The Morgan fingerprint density at radius 1 is 0.812 bits per heavy atom. The summed E-state index contributed by atoms with van der Waals surface area (Å²) in [5.74, 6) is 1.74. The molecule has 1 aromatic heterocycles. The van der Waals surface area contributed by atoms with Crippen molar-refractivity contribution in [3.8, 4) is 17.1 Å². The fourth-order valence-electron chi connectivity index (χ4n) is 4.75. The van der Waals surface area contributed by atoms with Gasteiger partial charge in [-0.05, 0) is 40.4 Å². The molecule has 0 saturated heterocycles. The minimum absolute atomic E-state index is 0.868. The molecule has 6 aromatic rings. The van der Waals surface area contributed by atoms with Gasteiger partial charge in [0.15, 0.2) is 7.28 Å². The number of fused-ring (bicyclic) bond motifs is 7. The smallest absolute Gasteiger partial charge is 0.154 e. The molecule has 0 aliphatic carbocycles. The minimum atomic E-state index is 0.868. The molecule has 154 valence electrons. The molecule has 0 bridgehead atoms. The summed E-state index contributed by atoms with van der Waals surface area (Å²) < 4.78 is 6.65. The van der Waals surface area contributed by atoms with Gasteiger partial charge in [-0.15, -0.1) is 0 Å². The van der Waals surface area contributed by atoms with E-state index in [0.717, 1.165) is 50.7 Å². The van der Waals surface area contributed by atoms with E-state index in [4.69, 9.17) is 9.72 Å². The fraction of sp³-hybridized carbons (Fsp3) is 0.0741. The highest BCUT2D eigenvalue weighted by Gasteiger charge is 2.16. The zero-order chi connectivity index (χ0) is 21.8. The standard InChI is InChI=1S/C27H20BBrN2O/c1-28-15-7-9-18-19-10-8-16(29)14-23(19)26-25(22(18)13-15)30-27(31-26)21-11-12-24(32-2)20-6-4-3-5-17(20)21/h3-14,28H,1-2H3,(H,30,31). The first kappa shape index (κ1) is 19.4. The van der Waals surface area contributed by atoms with Crippen LogP contribution in [0, 0.1) is 0 Å². The van der Waals surface area contributed by atoms with E-state index in [0.29, 0.717) is 0 Å². The van der Waals surface area contributed by atoms with Crippen molar-refractivity contribution in [2.75, 3.05) is 7.11 Å². The molecule has 0 radical (unpaired) electrons. The Labute approximate surface area is 194 Å². The number of ether oxygens (including phenoxy) is 1. The van der Waals surface area contributed by atoms with Crippen molar-refractivity contribution in [3.05, 3.63) is 77.3 Å². The molecule has 0 fully saturated rings. The zero-order valence-electron chi connectivity index (χ0n) is 17.9. The number of aromatic nitrogens is 2. The van der Waals surface area contributed by atoms with Gasteiger partial charge in [0.05, 0.1) is 18.1 Å². The molecule has 0 aliphatic heterocycles. The quantitative estimate of drug-likeness (QED) is 0.230. The topological polar surface area (TPSA) is 37.9 Å². The highest BCUT2D eigenvalue weighted by Crippen LogP contribution is 2.38. The Kier molecular flexibility index (Phi) is 4.47. The summed E-state index contributed by atoms with van der Waals surface area (Å²) >= 11 is 3.66. The maximum atomic E-state index is 5.60. The second-order valence-corrected chi connectivity index (χ2v) is 9.01. The summed E-state index contributed by atoms with van der Waals surface area (Å²) in [6.07, 6.45) is 0. The lowest BCUT2D eigenvalue weighted by Crippen LogP contribution is -2.09. The van der Waals surface area contributed by atoms with Crippen molar-refractivity contribution in [3.63, 3.8) is 0 Å². The van der Waals surface area contributed by atoms with Gasteiger partial charge in [-0.3, -0.25) is 0 Å². The molecule has 0 unspecified atom stereocenters. The molecule has 6 rings (SSSR count). The van der Waals surface area contributed by atoms with Gasteiger partial charge >= 0.3 is 0 Å². The number of halogens is 1. The van der Waals surface area contributed by atoms with E-state index in [9.17, 15) is 0 Å². The third-order valence-electron chi connectivity index (χ3n) is 6.35. The lowest BCUT2D eigenvalue weighted by atomic mass is 9.72. The number of hydrogen-bond donors (Lipinski definition) is 1. The van der Waals surface area contributed by atoms with E-state index in [1.54, 1.807) is 7.11 Å². The van der Waals surface area contributed by atoms with Crippen LogP contribution >= 0.6 is 15.9 Å². The van der Waals surface area contributed by atoms with Crippen LogP contribution in [-0.4, -0.2) is 24.4 Å². The second-order valence-electron chi connectivity index (χ2n) is 8.09. The second kappa shape index (κ2) is 7.39. The summed E-state index contributed by atoms with van der Waals surface area (Å²) in [5.41, 5.74) is 4.46. The molecule has 5 heteroatoms. The summed E-state index contributed by atoms with van der Waals surface area (Å²) in [6.45, 7) is 2.19. The summed E-state index contributed by atoms with van der Waals surface area (Å²) in [5, 5.41) is 7.02. The molecule has 1 heterocycles. The molecule has 1 N–H and O–H groups in total. The third kappa shape index (κ3) is 2.85. The van der Waals surface area contributed by atoms with Crippen molar-refractivity contribution in [1.82, 2.24) is 9.97 Å². The number of imidazole rings is 1. The molecule has 32 heavy (non-hydrogen) atoms. The molecular weight excluding hydrogens is 459 g/mol. The Bertz CT molecular complexity index is 1670. The Morgan fingerprint density at radius 3 is 2.41 bits per heavy atom. The normalized spacial score (nSPS) is 11.6. The number of benzene rings is 5. The highest BCUT2D eigenvalue weighted by atomic mass is 79.9. The predicted molar refractivity (Wildman–Crippen MR) is 141 cm³/mol. The van der Waals surface area contributed by atoms with Gasteiger partial charge < -0.3 is 9.72 Å². The summed E-state index contributed by atoms with van der Waals surface area (Å²) in [7, 11) is 2.71. The molecule has 0 aliphatic rings. The van der Waals surface area contributed by atoms with Gasteiger partial charge in [0.1, 0.15) is 11.6 Å². The van der Waals surface area contributed by atoms with Gasteiger partial charge in [-0.1, -0.05) is 76.7 Å². The third-order valence-corrected chi connectivity index (χ3v) is 6.84. The van der Waals surface area contributed by atoms with Crippen molar-refractivity contribution < 1.29 is 4.74 Å². The fourth-order valence-corrected chi connectivity index (χ4v) is 5.11. The van der Waals surface area contributed by atoms with Gasteiger partial charge in [-0.25, -0.2) is 4.98 Å². The summed E-state index contributed by atoms with van der Waals surface area (Å²) in [6, 6.07) is 25.7. The molecule has 0 saturated carbocycles. The minimum Gasteiger partial charge on any atom is -0.496 e. The Morgan fingerprint density at radius 2 is 1.59 bits per heavy atom. The van der Waals surface area contributed by atoms with Crippen LogP contribution in [0.5, 0.6) is 5.75 Å². The highest BCUT2D eigenvalue weighted by molar-refractivity contribution is 9.10. The van der Waals surface area contributed by atoms with Crippen LogP contribution in [0.3, 0.4) is 0 Å². The van der Waals surface area contributed by atoms with E-state index in [-0.39, 0.29) is 0 Å². The van der Waals surface area contributed by atoms with Crippen LogP contribution in [0.2, 0.25) is 6.82 Å². The molecule has 5 aromatic carbocycles. The van der Waals surface area contributed by atoms with E-state index >= 15 is 0 Å². The van der Waals surface area contributed by atoms with Crippen LogP contribution in [-0.2, 0) is 0 Å². The molecule has 3 nitrogen and oxygen atoms in total. The van der Waals surface area contributed by atoms with Crippen LogP contribution < -0.4 is 10.2 Å². The zero-order valence-corrected chi connectivity index (χ0v) is 19.5. The lowest BCUT2D eigenvalue weighted by molar-refractivity contribution is 0.420. The first-order valence-electron chi connectivity index (χ1n) is 10.8. The van der Waals surface area contributed by atoms with Crippen LogP contribution in [0.15, 0.2) is 77.3 Å². The van der Waals surface area contributed by atoms with Crippen LogP contribution in [0.25, 0.3) is 54.7 Å². The van der Waals surface area contributed by atoms with Gasteiger partial charge in [-0.2, -0.15) is 0 Å². The maximum Gasteiger partial charge on any atom is 0.154 e. The Balaban J connectivity index is 1.75. The number of aromatic amines is 1. The first-order valence-corrected chi connectivity index (χ1v) is 11.6. The predicted octanol–water partition coefficient (Wildman–Crippen LogP) is 6.57. The Hall–Kier alpha value is -3.31. The molecule has 0 atom stereocenters. The molecule has 0 amide bonds. The van der Waals surface area contributed by atoms with Crippen molar-refractivity contribution in [2.24, 2.45) is 0 Å². The monoisotopic (exact) mass is 478 g/mol. The summed E-state index contributed by atoms with van der Waals surface area (Å²) in [4.78, 5) is 8.83. The lowest BCUT2D eigenvalue weighted by Gasteiger charge is -2.08. The van der Waals surface area contributed by atoms with Crippen molar-refractivity contribution >= 4 is 72.0 Å². The van der Waals surface area contributed by atoms with Crippen molar-refractivity contribution in [1.29, 1.82) is 0 Å². The van der Waals surface area contributed by atoms with E-state index < -0.39 is 0 Å². The van der Waals surface area contributed by atoms with Crippen LogP contribution in [0.4, 0.5) is 0 Å². The maximum absolute atomic E-state index is 5.60. The number of hydrogen-bond acceptors (Lipinski definition) is 2. The molecular formula is C27H20BBrN2O. The molecule has 0 spiro atoms. The van der Waals surface area contributed by atoms with E-state index in [2.05, 4.69) is 88.4 Å². The number of rotatable bonds is 3.